The van der Waals surface area contributed by atoms with E-state index in [1.54, 1.807) is 0 Å². The number of aromatic nitrogens is 2. The van der Waals surface area contributed by atoms with Crippen molar-refractivity contribution in [2.45, 2.75) is 41.5 Å². The molecule has 0 aliphatic carbocycles. The molecule has 0 amide bonds. The van der Waals surface area contributed by atoms with Crippen molar-refractivity contribution in [1.82, 2.24) is 9.97 Å². The quantitative estimate of drug-likeness (QED) is 0.284. The van der Waals surface area contributed by atoms with Gasteiger partial charge in [0.1, 0.15) is 0 Å². The Labute approximate surface area is 156 Å². The Hall–Kier alpha value is -2.74. The third-order valence-electron chi connectivity index (χ3n) is 4.13. The third-order valence-corrected chi connectivity index (χ3v) is 4.13. The zero-order valence-corrected chi connectivity index (χ0v) is 16.8. The Balaban J connectivity index is 0.000000371. The van der Waals surface area contributed by atoms with Crippen LogP contribution in [0.4, 0.5) is 0 Å². The summed E-state index contributed by atoms with van der Waals surface area (Å²) in [6, 6.07) is 21.4. The number of para-hydroxylation sites is 2. The van der Waals surface area contributed by atoms with Crippen LogP contribution in [0, 0.1) is 0 Å². The summed E-state index contributed by atoms with van der Waals surface area (Å²) in [5.74, 6) is 0. The molecule has 0 spiro atoms. The van der Waals surface area contributed by atoms with Gasteiger partial charge in [-0.05, 0) is 24.3 Å². The van der Waals surface area contributed by atoms with Crippen LogP contribution in [0.2, 0.25) is 0 Å². The molecule has 0 aliphatic heterocycles. The molecule has 2 nitrogen and oxygen atoms in total. The minimum atomic E-state index is 1.19. The molecule has 5 aromatic rings. The number of benzene rings is 3. The molecular weight excluding hydrogens is 316 g/mol. The van der Waals surface area contributed by atoms with Crippen LogP contribution in [-0.4, -0.2) is 9.97 Å². The zero-order valence-electron chi connectivity index (χ0n) is 16.8. The molecule has 0 unspecified atom stereocenters. The topological polar surface area (TPSA) is 31.6 Å². The number of hydrogen-bond acceptors (Lipinski definition) is 0. The SMILES string of the molecule is CC.CC.CC.c1ccc2c(c1)[nH]c1cc3c(cc12)[nH]c1ccccc13. The van der Waals surface area contributed by atoms with Crippen molar-refractivity contribution in [3.63, 3.8) is 0 Å². The summed E-state index contributed by atoms with van der Waals surface area (Å²) in [5, 5.41) is 5.12. The Morgan fingerprint density at radius 3 is 1.15 bits per heavy atom. The van der Waals surface area contributed by atoms with Gasteiger partial charge in [0.15, 0.2) is 0 Å². The minimum absolute atomic E-state index is 1.19. The Kier molecular flexibility index (Phi) is 6.85. The van der Waals surface area contributed by atoms with Gasteiger partial charge in [0.25, 0.3) is 0 Å². The Bertz CT molecular complexity index is 1010. The van der Waals surface area contributed by atoms with Crippen LogP contribution in [0.1, 0.15) is 41.5 Å². The highest BCUT2D eigenvalue weighted by atomic mass is 14.7. The van der Waals surface area contributed by atoms with E-state index in [0.29, 0.717) is 0 Å². The first-order chi connectivity index (χ1) is 12.9. The van der Waals surface area contributed by atoms with Gasteiger partial charge in [0, 0.05) is 43.6 Å². The second-order valence-electron chi connectivity index (χ2n) is 5.28. The summed E-state index contributed by atoms with van der Waals surface area (Å²) in [5.41, 5.74) is 4.78. The molecule has 0 saturated heterocycles. The predicted molar refractivity (Wildman–Crippen MR) is 119 cm³/mol. The first-order valence-corrected chi connectivity index (χ1v) is 9.81. The first-order valence-electron chi connectivity index (χ1n) is 9.81. The molecule has 2 heteroatoms. The predicted octanol–water partition coefficient (Wildman–Crippen LogP) is 8.03. The molecule has 2 aromatic heterocycles. The number of H-pyrrole nitrogens is 2. The van der Waals surface area contributed by atoms with E-state index in [-0.39, 0.29) is 0 Å². The van der Waals surface area contributed by atoms with E-state index < -0.39 is 0 Å². The van der Waals surface area contributed by atoms with E-state index in [1.165, 1.54) is 43.6 Å². The molecule has 2 N–H and O–H groups in total. The highest BCUT2D eigenvalue weighted by molar-refractivity contribution is 6.16. The van der Waals surface area contributed by atoms with E-state index in [2.05, 4.69) is 70.6 Å². The smallest absolute Gasteiger partial charge is 0.0472 e. The molecule has 2 heterocycles. The second kappa shape index (κ2) is 9.10. The normalized spacial score (nSPS) is 9.92. The second-order valence-corrected chi connectivity index (χ2v) is 5.28. The van der Waals surface area contributed by atoms with Crippen LogP contribution < -0.4 is 0 Å². The Morgan fingerprint density at radius 2 is 0.769 bits per heavy atom. The molecular formula is C24H30N2. The van der Waals surface area contributed by atoms with E-state index in [1.807, 2.05) is 41.5 Å². The largest absolute Gasteiger partial charge is 0.354 e. The van der Waals surface area contributed by atoms with Crippen LogP contribution in [0.3, 0.4) is 0 Å². The molecule has 3 aromatic carbocycles. The summed E-state index contributed by atoms with van der Waals surface area (Å²) in [4.78, 5) is 7.02. The van der Waals surface area contributed by atoms with Gasteiger partial charge in [0.2, 0.25) is 0 Å². The molecule has 0 fully saturated rings. The van der Waals surface area contributed by atoms with Crippen molar-refractivity contribution >= 4 is 43.6 Å². The summed E-state index contributed by atoms with van der Waals surface area (Å²) >= 11 is 0. The van der Waals surface area contributed by atoms with Gasteiger partial charge >= 0.3 is 0 Å². The van der Waals surface area contributed by atoms with Gasteiger partial charge in [-0.2, -0.15) is 0 Å². The van der Waals surface area contributed by atoms with E-state index in [0.717, 1.165) is 0 Å². The molecule has 0 bridgehead atoms. The number of nitrogens with one attached hydrogen (secondary N) is 2. The van der Waals surface area contributed by atoms with Gasteiger partial charge in [-0.15, -0.1) is 0 Å². The maximum Gasteiger partial charge on any atom is 0.0472 e. The van der Waals surface area contributed by atoms with Crippen LogP contribution in [0.25, 0.3) is 43.6 Å². The van der Waals surface area contributed by atoms with E-state index in [9.17, 15) is 0 Å². The van der Waals surface area contributed by atoms with Crippen molar-refractivity contribution in [1.29, 1.82) is 0 Å². The van der Waals surface area contributed by atoms with Gasteiger partial charge in [-0.25, -0.2) is 0 Å². The fourth-order valence-electron chi connectivity index (χ4n) is 3.20. The van der Waals surface area contributed by atoms with Crippen molar-refractivity contribution < 1.29 is 0 Å². The number of fused-ring (bicyclic) bond motifs is 6. The van der Waals surface area contributed by atoms with E-state index >= 15 is 0 Å². The van der Waals surface area contributed by atoms with Crippen molar-refractivity contribution in [3.8, 4) is 0 Å². The van der Waals surface area contributed by atoms with Crippen molar-refractivity contribution in [2.24, 2.45) is 0 Å². The average Bonchev–Trinajstić information content (AvgIpc) is 3.28. The van der Waals surface area contributed by atoms with E-state index in [4.69, 9.17) is 0 Å². The number of hydrogen-bond donors (Lipinski definition) is 2. The fraction of sp³-hybridized carbons (Fsp3) is 0.250. The summed E-state index contributed by atoms with van der Waals surface area (Å²) in [6.45, 7) is 12.0. The summed E-state index contributed by atoms with van der Waals surface area (Å²) in [7, 11) is 0. The Morgan fingerprint density at radius 1 is 0.423 bits per heavy atom. The highest BCUT2D eigenvalue weighted by Gasteiger charge is 2.08. The van der Waals surface area contributed by atoms with Crippen molar-refractivity contribution in [3.05, 3.63) is 60.7 Å². The maximum absolute atomic E-state index is 3.51. The first kappa shape index (κ1) is 19.6. The molecule has 5 rings (SSSR count). The van der Waals surface area contributed by atoms with Gasteiger partial charge in [0.05, 0.1) is 0 Å². The van der Waals surface area contributed by atoms with Gasteiger partial charge in [-0.3, -0.25) is 0 Å². The highest BCUT2D eigenvalue weighted by Crippen LogP contribution is 2.32. The maximum atomic E-state index is 3.51. The minimum Gasteiger partial charge on any atom is -0.354 e. The lowest BCUT2D eigenvalue weighted by molar-refractivity contribution is 1.50. The lowest BCUT2D eigenvalue weighted by atomic mass is 10.1. The van der Waals surface area contributed by atoms with Gasteiger partial charge in [-0.1, -0.05) is 77.9 Å². The average molecular weight is 347 g/mol. The lowest BCUT2D eigenvalue weighted by Crippen LogP contribution is -1.70. The van der Waals surface area contributed by atoms with Crippen molar-refractivity contribution in [2.75, 3.05) is 0 Å². The standard InChI is InChI=1S/C18H12N2.3C2H6/c1-3-7-15-11(5-1)13-9-18-14(10-17(13)19-15)12-6-2-4-8-16(12)20-18;3*1-2/h1-10,19-20H;3*1-2H3. The fourth-order valence-corrected chi connectivity index (χ4v) is 3.20. The molecule has 26 heavy (non-hydrogen) atoms. The molecule has 0 atom stereocenters. The number of aromatic amines is 2. The van der Waals surface area contributed by atoms with Crippen LogP contribution in [0.15, 0.2) is 60.7 Å². The molecule has 0 saturated carbocycles. The van der Waals surface area contributed by atoms with Gasteiger partial charge < -0.3 is 9.97 Å². The van der Waals surface area contributed by atoms with Crippen LogP contribution in [0.5, 0.6) is 0 Å². The van der Waals surface area contributed by atoms with Crippen LogP contribution >= 0.6 is 0 Å². The summed E-state index contributed by atoms with van der Waals surface area (Å²) in [6.07, 6.45) is 0. The zero-order chi connectivity index (χ0) is 19.1. The number of rotatable bonds is 0. The van der Waals surface area contributed by atoms with Crippen LogP contribution in [-0.2, 0) is 0 Å². The third kappa shape index (κ3) is 3.32. The molecule has 0 radical (unpaired) electrons. The lowest BCUT2D eigenvalue weighted by Gasteiger charge is -1.93. The summed E-state index contributed by atoms with van der Waals surface area (Å²) < 4.78 is 0. The monoisotopic (exact) mass is 346 g/mol. The molecule has 136 valence electrons. The molecule has 0 aliphatic rings.